The molecule has 2 aromatic carbocycles. The zero-order valence-electron chi connectivity index (χ0n) is 19.1. The van der Waals surface area contributed by atoms with Crippen molar-refractivity contribution in [1.82, 2.24) is 20.1 Å². The van der Waals surface area contributed by atoms with Gasteiger partial charge in [0.1, 0.15) is 12.2 Å². The van der Waals surface area contributed by atoms with Crippen LogP contribution in [0.3, 0.4) is 0 Å². The predicted molar refractivity (Wildman–Crippen MR) is 121 cm³/mol. The number of halogens is 3. The largest absolute Gasteiger partial charge is 0.416 e. The van der Waals surface area contributed by atoms with E-state index in [1.165, 1.54) is 11.0 Å². The topological polar surface area (TPSA) is 63.1 Å². The second kappa shape index (κ2) is 8.23. The van der Waals surface area contributed by atoms with Crippen molar-refractivity contribution >= 4 is 11.6 Å². The number of alkyl halides is 3. The molecule has 9 heteroatoms. The molecule has 0 spiro atoms. The minimum Gasteiger partial charge on any atom is -0.320 e. The second-order valence-electron chi connectivity index (χ2n) is 9.53. The minimum atomic E-state index is -4.54. The van der Waals surface area contributed by atoms with E-state index >= 15 is 0 Å². The van der Waals surface area contributed by atoms with Gasteiger partial charge in [0.05, 0.1) is 12.1 Å². The Hall–Kier alpha value is -3.20. The number of amides is 1. The fraction of sp³-hybridized carbons (Fsp3) is 0.400. The molecular formula is C25H26F3N5O. The first-order valence-corrected chi connectivity index (χ1v) is 11.3. The molecule has 1 N–H and O–H groups in total. The van der Waals surface area contributed by atoms with Crippen molar-refractivity contribution in [3.8, 4) is 0 Å². The van der Waals surface area contributed by atoms with Crippen molar-refractivity contribution in [3.63, 3.8) is 0 Å². The molecule has 3 aromatic rings. The molecule has 1 aliphatic heterocycles. The summed E-state index contributed by atoms with van der Waals surface area (Å²) in [7, 11) is 1.84. The summed E-state index contributed by atoms with van der Waals surface area (Å²) in [6.07, 6.45) is 0.690. The number of carbonyl (C=O) groups is 1. The molecular weight excluding hydrogens is 443 g/mol. The van der Waals surface area contributed by atoms with Crippen LogP contribution in [0.15, 0.2) is 42.7 Å². The van der Waals surface area contributed by atoms with Gasteiger partial charge in [0.15, 0.2) is 0 Å². The van der Waals surface area contributed by atoms with Crippen molar-refractivity contribution in [2.24, 2.45) is 7.05 Å². The summed E-state index contributed by atoms with van der Waals surface area (Å²) in [5.41, 5.74) is 1.33. The number of nitrogens with one attached hydrogen (secondary N) is 1. The number of aromatic nitrogens is 3. The molecule has 1 saturated carbocycles. The number of aryl methyl sites for hydroxylation is 1. The zero-order chi connectivity index (χ0) is 24.1. The van der Waals surface area contributed by atoms with E-state index in [0.717, 1.165) is 30.7 Å². The SMILES string of the molecule is Cn1cnnc1Cc1cccc(N2Cc3c(cc(CNC4(C)CCC4)cc3C(F)(F)F)C2=O)c1. The van der Waals surface area contributed by atoms with Crippen LogP contribution in [0.4, 0.5) is 18.9 Å². The molecule has 2 aliphatic rings. The van der Waals surface area contributed by atoms with Crippen molar-refractivity contribution in [2.75, 3.05) is 4.90 Å². The van der Waals surface area contributed by atoms with Crippen LogP contribution in [0, 0.1) is 0 Å². The standard InChI is InChI=1S/C25H26F3N5O/c1-24(7-4-8-24)29-13-17-10-19-20(21(11-17)25(26,27)28)14-33(23(19)34)18-6-3-5-16(9-18)12-22-31-30-15-32(22)2/h3,5-6,9-11,15,29H,4,7-8,12-14H2,1-2H3. The number of anilines is 1. The Balaban J connectivity index is 1.44. The molecule has 0 atom stereocenters. The van der Waals surface area contributed by atoms with Gasteiger partial charge in [-0.1, -0.05) is 12.1 Å². The average molecular weight is 470 g/mol. The molecule has 1 aromatic heterocycles. The summed E-state index contributed by atoms with van der Waals surface area (Å²) >= 11 is 0. The highest BCUT2D eigenvalue weighted by Crippen LogP contribution is 2.40. The van der Waals surface area contributed by atoms with Gasteiger partial charge in [0.2, 0.25) is 0 Å². The molecule has 1 amide bonds. The molecule has 0 saturated heterocycles. The van der Waals surface area contributed by atoms with E-state index in [1.807, 2.05) is 19.2 Å². The fourth-order valence-electron chi connectivity index (χ4n) is 4.72. The Morgan fingerprint density at radius 2 is 1.94 bits per heavy atom. The summed E-state index contributed by atoms with van der Waals surface area (Å²) in [6, 6.07) is 10.1. The quantitative estimate of drug-likeness (QED) is 0.573. The summed E-state index contributed by atoms with van der Waals surface area (Å²) in [4.78, 5) is 14.7. The molecule has 34 heavy (non-hydrogen) atoms. The van der Waals surface area contributed by atoms with E-state index in [0.29, 0.717) is 24.2 Å². The van der Waals surface area contributed by atoms with Crippen molar-refractivity contribution < 1.29 is 18.0 Å². The molecule has 5 rings (SSSR count). The number of nitrogens with zero attached hydrogens (tertiary/aromatic N) is 4. The van der Waals surface area contributed by atoms with Crippen molar-refractivity contribution in [1.29, 1.82) is 0 Å². The van der Waals surface area contributed by atoms with E-state index in [9.17, 15) is 18.0 Å². The van der Waals surface area contributed by atoms with Gasteiger partial charge < -0.3 is 14.8 Å². The van der Waals surface area contributed by atoms with Crippen LogP contribution in [-0.2, 0) is 32.7 Å². The molecule has 178 valence electrons. The third-order valence-corrected chi connectivity index (χ3v) is 6.97. The van der Waals surface area contributed by atoms with Crippen LogP contribution >= 0.6 is 0 Å². The lowest BCUT2D eigenvalue weighted by molar-refractivity contribution is -0.138. The first kappa shape index (κ1) is 22.6. The number of fused-ring (bicyclic) bond motifs is 1. The third-order valence-electron chi connectivity index (χ3n) is 6.97. The predicted octanol–water partition coefficient (Wildman–Crippen LogP) is 4.62. The molecule has 6 nitrogen and oxygen atoms in total. The maximum Gasteiger partial charge on any atom is 0.416 e. The normalized spacial score (nSPS) is 17.1. The molecule has 0 radical (unpaired) electrons. The lowest BCUT2D eigenvalue weighted by atomic mass is 9.78. The second-order valence-corrected chi connectivity index (χ2v) is 9.53. The Kier molecular flexibility index (Phi) is 5.47. The fourth-order valence-corrected chi connectivity index (χ4v) is 4.72. The molecule has 0 bridgehead atoms. The van der Waals surface area contributed by atoms with Crippen LogP contribution in [0.1, 0.15) is 64.6 Å². The van der Waals surface area contributed by atoms with E-state index in [4.69, 9.17) is 0 Å². The van der Waals surface area contributed by atoms with Gasteiger partial charge in [-0.05, 0) is 67.1 Å². The maximum atomic E-state index is 14.0. The molecule has 1 fully saturated rings. The first-order chi connectivity index (χ1) is 16.1. The highest BCUT2D eigenvalue weighted by molar-refractivity contribution is 6.10. The van der Waals surface area contributed by atoms with Gasteiger partial charge in [0, 0.05) is 36.8 Å². The highest BCUT2D eigenvalue weighted by Gasteiger charge is 2.41. The number of rotatable bonds is 6. The molecule has 1 aliphatic carbocycles. The van der Waals surface area contributed by atoms with Crippen molar-refractivity contribution in [3.05, 3.63) is 76.4 Å². The number of carbonyl (C=O) groups excluding carboxylic acids is 1. The number of hydrogen-bond donors (Lipinski definition) is 1. The summed E-state index contributed by atoms with van der Waals surface area (Å²) in [5, 5.41) is 11.3. The maximum absolute atomic E-state index is 14.0. The van der Waals surface area contributed by atoms with Gasteiger partial charge in [-0.15, -0.1) is 10.2 Å². The zero-order valence-corrected chi connectivity index (χ0v) is 19.1. The first-order valence-electron chi connectivity index (χ1n) is 11.3. The Morgan fingerprint density at radius 3 is 2.59 bits per heavy atom. The lowest BCUT2D eigenvalue weighted by Crippen LogP contribution is -2.47. The van der Waals surface area contributed by atoms with Gasteiger partial charge in [-0.25, -0.2) is 0 Å². The van der Waals surface area contributed by atoms with Crippen LogP contribution < -0.4 is 10.2 Å². The monoisotopic (exact) mass is 469 g/mol. The number of hydrogen-bond acceptors (Lipinski definition) is 4. The van der Waals surface area contributed by atoms with Crippen molar-refractivity contribution in [2.45, 2.75) is 57.4 Å². The molecule has 2 heterocycles. The van der Waals surface area contributed by atoms with Gasteiger partial charge in [0.25, 0.3) is 5.91 Å². The smallest absolute Gasteiger partial charge is 0.320 e. The minimum absolute atomic E-state index is 0.0369. The van der Waals surface area contributed by atoms with Crippen LogP contribution in [0.5, 0.6) is 0 Å². The highest BCUT2D eigenvalue weighted by atomic mass is 19.4. The Labute approximate surface area is 195 Å². The van der Waals surface area contributed by atoms with E-state index in [-0.39, 0.29) is 23.2 Å². The molecule has 0 unspecified atom stereocenters. The van der Waals surface area contributed by atoms with Gasteiger partial charge in [-0.2, -0.15) is 13.2 Å². The summed E-state index contributed by atoms with van der Waals surface area (Å²) < 4.78 is 43.7. The average Bonchev–Trinajstić information content (AvgIpc) is 3.33. The Bertz CT molecular complexity index is 1250. The van der Waals surface area contributed by atoms with E-state index in [1.54, 1.807) is 29.1 Å². The van der Waals surface area contributed by atoms with E-state index in [2.05, 4.69) is 22.4 Å². The third kappa shape index (κ3) is 4.20. The summed E-state index contributed by atoms with van der Waals surface area (Å²) in [5.74, 6) is 0.345. The Morgan fingerprint density at radius 1 is 1.15 bits per heavy atom. The van der Waals surface area contributed by atoms with Crippen LogP contribution in [0.25, 0.3) is 0 Å². The lowest BCUT2D eigenvalue weighted by Gasteiger charge is -2.39. The van der Waals surface area contributed by atoms with Gasteiger partial charge in [-0.3, -0.25) is 4.79 Å². The van der Waals surface area contributed by atoms with E-state index < -0.39 is 17.6 Å². The number of benzene rings is 2. The summed E-state index contributed by atoms with van der Waals surface area (Å²) in [6.45, 7) is 2.27. The van der Waals surface area contributed by atoms with Gasteiger partial charge >= 0.3 is 6.18 Å². The van der Waals surface area contributed by atoms with Crippen LogP contribution in [-0.4, -0.2) is 26.2 Å². The van der Waals surface area contributed by atoms with Crippen LogP contribution in [0.2, 0.25) is 0 Å².